The van der Waals surface area contributed by atoms with Crippen molar-refractivity contribution in [3.05, 3.63) is 59.5 Å². The topological polar surface area (TPSA) is 68.5 Å². The number of benzene rings is 1. The summed E-state index contributed by atoms with van der Waals surface area (Å²) in [5.41, 5.74) is 2.29. The van der Waals surface area contributed by atoms with E-state index in [-0.39, 0.29) is 30.2 Å². The Morgan fingerprint density at radius 2 is 1.88 bits per heavy atom. The second-order valence-electron chi connectivity index (χ2n) is 5.94. The highest BCUT2D eigenvalue weighted by atomic mass is 16.5. The van der Waals surface area contributed by atoms with Crippen LogP contribution in [-0.4, -0.2) is 18.5 Å². The van der Waals surface area contributed by atoms with E-state index >= 15 is 0 Å². The molecule has 128 valence electrons. The zero-order valence-electron chi connectivity index (χ0n) is 14.2. The molecule has 0 aliphatic carbocycles. The van der Waals surface area contributed by atoms with Gasteiger partial charge in [0.05, 0.1) is 12.3 Å². The highest BCUT2D eigenvalue weighted by Gasteiger charge is 2.20. The summed E-state index contributed by atoms with van der Waals surface area (Å²) in [7, 11) is 0. The molecule has 0 fully saturated rings. The van der Waals surface area contributed by atoms with Gasteiger partial charge in [-0.15, -0.1) is 0 Å². The maximum atomic E-state index is 12.1. The van der Waals surface area contributed by atoms with E-state index in [1.807, 2.05) is 26.0 Å². The summed E-state index contributed by atoms with van der Waals surface area (Å²) in [6.07, 6.45) is 2.35. The zero-order valence-corrected chi connectivity index (χ0v) is 14.2. The fourth-order valence-electron chi connectivity index (χ4n) is 2.41. The van der Waals surface area contributed by atoms with Crippen molar-refractivity contribution < 1.29 is 18.7 Å². The molecule has 5 nitrogen and oxygen atoms in total. The monoisotopic (exact) mass is 329 g/mol. The molecule has 0 bridgehead atoms. The second kappa shape index (κ2) is 8.34. The Labute approximate surface area is 142 Å². The van der Waals surface area contributed by atoms with E-state index in [4.69, 9.17) is 9.15 Å². The molecule has 0 aliphatic heterocycles. The van der Waals surface area contributed by atoms with Gasteiger partial charge in [0.25, 0.3) is 5.91 Å². The van der Waals surface area contributed by atoms with E-state index < -0.39 is 5.97 Å². The molecule has 0 saturated heterocycles. The number of carbonyl (C=O) groups is 2. The van der Waals surface area contributed by atoms with Gasteiger partial charge in [0.2, 0.25) is 5.76 Å². The van der Waals surface area contributed by atoms with Crippen LogP contribution >= 0.6 is 0 Å². The molecule has 2 rings (SSSR count). The number of carbonyl (C=O) groups excluding carboxylic acids is 2. The summed E-state index contributed by atoms with van der Waals surface area (Å²) in [5.74, 6) is -0.697. The van der Waals surface area contributed by atoms with Gasteiger partial charge in [-0.25, -0.2) is 4.79 Å². The van der Waals surface area contributed by atoms with Crippen LogP contribution in [-0.2, 0) is 16.0 Å². The quantitative estimate of drug-likeness (QED) is 0.789. The standard InChI is InChI=1S/C19H23NO4/c1-4-14-7-9-15(10-8-14)18(13(2)3)20-17(21)12-24-19(22)16-6-5-11-23-16/h5-11,13,18H,4,12H2,1-3H3,(H,20,21)/t18-/m0/s1. The number of ether oxygens (including phenoxy) is 1. The van der Waals surface area contributed by atoms with Crippen molar-refractivity contribution >= 4 is 11.9 Å². The number of hydrogen-bond acceptors (Lipinski definition) is 4. The summed E-state index contributed by atoms with van der Waals surface area (Å²) >= 11 is 0. The van der Waals surface area contributed by atoms with Crippen LogP contribution in [0.4, 0.5) is 0 Å². The first kappa shape index (κ1) is 17.8. The average molecular weight is 329 g/mol. The van der Waals surface area contributed by atoms with Crippen LogP contribution in [0.5, 0.6) is 0 Å². The molecule has 1 atom stereocenters. The van der Waals surface area contributed by atoms with E-state index in [0.29, 0.717) is 0 Å². The first-order valence-electron chi connectivity index (χ1n) is 8.10. The van der Waals surface area contributed by atoms with Gasteiger partial charge in [-0.05, 0) is 35.6 Å². The summed E-state index contributed by atoms with van der Waals surface area (Å²) < 4.78 is 9.89. The summed E-state index contributed by atoms with van der Waals surface area (Å²) in [6, 6.07) is 11.1. The molecule has 0 aliphatic rings. The fourth-order valence-corrected chi connectivity index (χ4v) is 2.41. The number of esters is 1. The van der Waals surface area contributed by atoms with Crippen LogP contribution in [0.3, 0.4) is 0 Å². The minimum Gasteiger partial charge on any atom is -0.457 e. The lowest BCUT2D eigenvalue weighted by molar-refractivity contribution is -0.125. The van der Waals surface area contributed by atoms with E-state index in [9.17, 15) is 9.59 Å². The number of nitrogens with one attached hydrogen (secondary N) is 1. The van der Waals surface area contributed by atoms with Crippen LogP contribution in [0.15, 0.2) is 47.1 Å². The molecular formula is C19H23NO4. The fraction of sp³-hybridized carbons (Fsp3) is 0.368. The van der Waals surface area contributed by atoms with Gasteiger partial charge in [-0.2, -0.15) is 0 Å². The van der Waals surface area contributed by atoms with E-state index in [1.165, 1.54) is 17.9 Å². The first-order chi connectivity index (χ1) is 11.5. The molecule has 0 spiro atoms. The Morgan fingerprint density at radius 1 is 1.17 bits per heavy atom. The highest BCUT2D eigenvalue weighted by Crippen LogP contribution is 2.22. The van der Waals surface area contributed by atoms with Crippen LogP contribution in [0.25, 0.3) is 0 Å². The van der Waals surface area contributed by atoms with E-state index in [1.54, 1.807) is 6.07 Å². The summed E-state index contributed by atoms with van der Waals surface area (Å²) in [5, 5.41) is 2.92. The number of aryl methyl sites for hydroxylation is 1. The van der Waals surface area contributed by atoms with Gasteiger partial charge < -0.3 is 14.5 Å². The van der Waals surface area contributed by atoms with Gasteiger partial charge in [-0.1, -0.05) is 45.0 Å². The van der Waals surface area contributed by atoms with Gasteiger partial charge in [0, 0.05) is 0 Å². The Bertz CT molecular complexity index is 659. The minimum absolute atomic E-state index is 0.0818. The van der Waals surface area contributed by atoms with Gasteiger partial charge in [-0.3, -0.25) is 4.79 Å². The van der Waals surface area contributed by atoms with Crippen molar-refractivity contribution in [2.45, 2.75) is 33.2 Å². The Morgan fingerprint density at radius 3 is 2.42 bits per heavy atom. The second-order valence-corrected chi connectivity index (χ2v) is 5.94. The maximum absolute atomic E-state index is 12.1. The Hall–Kier alpha value is -2.56. The molecule has 0 unspecified atom stereocenters. The number of amides is 1. The van der Waals surface area contributed by atoms with E-state index in [2.05, 4.69) is 24.4 Å². The molecule has 1 N–H and O–H groups in total. The first-order valence-corrected chi connectivity index (χ1v) is 8.10. The van der Waals surface area contributed by atoms with Crippen molar-refractivity contribution in [1.82, 2.24) is 5.32 Å². The molecule has 1 aromatic carbocycles. The number of furan rings is 1. The third-order valence-corrected chi connectivity index (χ3v) is 3.79. The molecule has 1 amide bonds. The Kier molecular flexibility index (Phi) is 6.18. The molecule has 0 radical (unpaired) electrons. The Balaban J connectivity index is 1.94. The third-order valence-electron chi connectivity index (χ3n) is 3.79. The molecule has 24 heavy (non-hydrogen) atoms. The minimum atomic E-state index is -0.649. The van der Waals surface area contributed by atoms with Gasteiger partial charge >= 0.3 is 5.97 Å². The number of rotatable bonds is 7. The van der Waals surface area contributed by atoms with Crippen LogP contribution in [0.2, 0.25) is 0 Å². The van der Waals surface area contributed by atoms with Crippen molar-refractivity contribution in [3.8, 4) is 0 Å². The van der Waals surface area contributed by atoms with Crippen molar-refractivity contribution in [1.29, 1.82) is 0 Å². The molecule has 1 aromatic heterocycles. The average Bonchev–Trinajstić information content (AvgIpc) is 3.12. The molecule has 0 saturated carbocycles. The summed E-state index contributed by atoms with van der Waals surface area (Å²) in [6.45, 7) is 5.83. The molecule has 5 heteroatoms. The van der Waals surface area contributed by atoms with Crippen LogP contribution < -0.4 is 5.32 Å². The maximum Gasteiger partial charge on any atom is 0.374 e. The molecular weight excluding hydrogens is 306 g/mol. The zero-order chi connectivity index (χ0) is 17.5. The highest BCUT2D eigenvalue weighted by molar-refractivity contribution is 5.88. The van der Waals surface area contributed by atoms with Crippen LogP contribution in [0.1, 0.15) is 48.5 Å². The third kappa shape index (κ3) is 4.72. The smallest absolute Gasteiger partial charge is 0.374 e. The molecule has 2 aromatic rings. The summed E-state index contributed by atoms with van der Waals surface area (Å²) in [4.78, 5) is 23.8. The van der Waals surface area contributed by atoms with Crippen molar-refractivity contribution in [3.63, 3.8) is 0 Å². The normalized spacial score (nSPS) is 12.0. The lowest BCUT2D eigenvalue weighted by atomic mass is 9.95. The number of hydrogen-bond donors (Lipinski definition) is 1. The van der Waals surface area contributed by atoms with E-state index in [0.717, 1.165) is 12.0 Å². The van der Waals surface area contributed by atoms with Crippen molar-refractivity contribution in [2.75, 3.05) is 6.61 Å². The lowest BCUT2D eigenvalue weighted by Crippen LogP contribution is -2.35. The van der Waals surface area contributed by atoms with Crippen LogP contribution in [0, 0.1) is 5.92 Å². The predicted octanol–water partition coefficient (Wildman–Crippen LogP) is 3.51. The SMILES string of the molecule is CCc1ccc([C@@H](NC(=O)COC(=O)c2ccco2)C(C)C)cc1. The van der Waals surface area contributed by atoms with Gasteiger partial charge in [0.1, 0.15) is 0 Å². The predicted molar refractivity (Wildman–Crippen MR) is 90.5 cm³/mol. The molecule has 1 heterocycles. The largest absolute Gasteiger partial charge is 0.457 e. The van der Waals surface area contributed by atoms with Crippen molar-refractivity contribution in [2.24, 2.45) is 5.92 Å². The van der Waals surface area contributed by atoms with Gasteiger partial charge in [0.15, 0.2) is 6.61 Å². The lowest BCUT2D eigenvalue weighted by Gasteiger charge is -2.23.